The Balaban J connectivity index is 1.82. The highest BCUT2D eigenvalue weighted by atomic mass is 16.5. The molecule has 126 valence electrons. The van der Waals surface area contributed by atoms with E-state index in [-0.39, 0.29) is 5.82 Å². The van der Waals surface area contributed by atoms with Gasteiger partial charge in [-0.3, -0.25) is 9.78 Å². The number of hydrogen-bond donors (Lipinski definition) is 1. The number of aryl methyl sites for hydroxylation is 1. The number of nitrogens with one attached hydrogen (secondary N) is 1. The number of benzene rings is 1. The normalized spacial score (nSPS) is 11.6. The molecule has 1 N–H and O–H groups in total. The van der Waals surface area contributed by atoms with Gasteiger partial charge in [-0.1, -0.05) is 35.5 Å². The molecular weight excluding hydrogens is 322 g/mol. The van der Waals surface area contributed by atoms with Gasteiger partial charge in [-0.15, -0.1) is 0 Å². The fraction of sp³-hybridized carbons (Fsp3) is 0.111. The minimum Gasteiger partial charge on any atom is -0.444 e. The number of amides is 1. The van der Waals surface area contributed by atoms with E-state index >= 15 is 0 Å². The molecule has 0 saturated heterocycles. The third-order valence-electron chi connectivity index (χ3n) is 3.36. The fourth-order valence-electron chi connectivity index (χ4n) is 2.18. The van der Waals surface area contributed by atoms with Gasteiger partial charge in [0.25, 0.3) is 5.91 Å². The van der Waals surface area contributed by atoms with E-state index in [0.29, 0.717) is 16.9 Å². The van der Waals surface area contributed by atoms with E-state index in [1.54, 1.807) is 37.3 Å². The summed E-state index contributed by atoms with van der Waals surface area (Å²) in [5, 5.41) is 6.30. The summed E-state index contributed by atoms with van der Waals surface area (Å²) >= 11 is 0. The van der Waals surface area contributed by atoms with Crippen LogP contribution in [0.4, 0.5) is 5.82 Å². The maximum atomic E-state index is 12.6. The summed E-state index contributed by atoms with van der Waals surface area (Å²) in [7, 11) is 0. The zero-order valence-corrected chi connectivity index (χ0v) is 13.4. The van der Waals surface area contributed by atoms with E-state index in [0.717, 1.165) is 0 Å². The molecule has 1 atom stereocenters. The van der Waals surface area contributed by atoms with E-state index < -0.39 is 18.0 Å². The molecule has 2 aromatic heterocycles. The average Bonchev–Trinajstić information content (AvgIpc) is 3.05. The lowest BCUT2D eigenvalue weighted by atomic mass is 10.1. The third-order valence-corrected chi connectivity index (χ3v) is 3.36. The molecule has 2 heterocycles. The van der Waals surface area contributed by atoms with E-state index in [1.165, 1.54) is 24.5 Å². The third kappa shape index (κ3) is 4.08. The highest BCUT2D eigenvalue weighted by molar-refractivity contribution is 5.97. The lowest BCUT2D eigenvalue weighted by molar-refractivity contribution is -0.125. The van der Waals surface area contributed by atoms with Crippen molar-refractivity contribution in [2.45, 2.75) is 13.0 Å². The summed E-state index contributed by atoms with van der Waals surface area (Å²) < 4.78 is 10.3. The van der Waals surface area contributed by atoms with Crippen molar-refractivity contribution in [1.29, 1.82) is 0 Å². The van der Waals surface area contributed by atoms with Crippen molar-refractivity contribution in [3.63, 3.8) is 0 Å². The summed E-state index contributed by atoms with van der Waals surface area (Å²) in [5.41, 5.74) is 0.851. The predicted octanol–water partition coefficient (Wildman–Crippen LogP) is 2.91. The minimum absolute atomic E-state index is 0.253. The Bertz CT molecular complexity index is 862. The maximum Gasteiger partial charge on any atom is 0.339 e. The van der Waals surface area contributed by atoms with Crippen molar-refractivity contribution in [1.82, 2.24) is 10.1 Å². The van der Waals surface area contributed by atoms with Crippen LogP contribution in [0.3, 0.4) is 0 Å². The Morgan fingerprint density at radius 3 is 2.48 bits per heavy atom. The highest BCUT2D eigenvalue weighted by Crippen LogP contribution is 2.21. The van der Waals surface area contributed by atoms with Crippen LogP contribution in [0.1, 0.15) is 27.8 Å². The zero-order valence-electron chi connectivity index (χ0n) is 13.4. The summed E-state index contributed by atoms with van der Waals surface area (Å²) in [6, 6.07) is 13.4. The first kappa shape index (κ1) is 16.4. The molecule has 0 spiro atoms. The quantitative estimate of drug-likeness (QED) is 0.719. The molecule has 3 aromatic rings. The molecule has 7 nitrogen and oxygen atoms in total. The molecule has 3 rings (SSSR count). The Morgan fingerprint density at radius 2 is 1.84 bits per heavy atom. The van der Waals surface area contributed by atoms with Gasteiger partial charge in [0.2, 0.25) is 6.10 Å². The summed E-state index contributed by atoms with van der Waals surface area (Å²) in [6.07, 6.45) is 1.83. The number of esters is 1. The lowest BCUT2D eigenvalue weighted by Crippen LogP contribution is -2.26. The van der Waals surface area contributed by atoms with Crippen LogP contribution in [0.15, 0.2) is 65.4 Å². The number of ether oxygens (including phenoxy) is 1. The Kier molecular flexibility index (Phi) is 4.84. The molecule has 25 heavy (non-hydrogen) atoms. The van der Waals surface area contributed by atoms with Crippen LogP contribution < -0.4 is 5.32 Å². The molecule has 0 aliphatic rings. The van der Waals surface area contributed by atoms with Gasteiger partial charge >= 0.3 is 5.97 Å². The number of carbonyl (C=O) groups is 2. The molecule has 0 aliphatic carbocycles. The van der Waals surface area contributed by atoms with Gasteiger partial charge in [-0.25, -0.2) is 4.79 Å². The number of anilines is 1. The average molecular weight is 337 g/mol. The molecule has 0 fully saturated rings. The number of nitrogens with zero attached hydrogens (tertiary/aromatic N) is 2. The van der Waals surface area contributed by atoms with Gasteiger partial charge in [0.05, 0.1) is 5.56 Å². The Morgan fingerprint density at radius 1 is 1.12 bits per heavy atom. The summed E-state index contributed by atoms with van der Waals surface area (Å²) in [6.45, 7) is 1.71. The van der Waals surface area contributed by atoms with Crippen molar-refractivity contribution in [3.8, 4) is 0 Å². The minimum atomic E-state index is -1.13. The smallest absolute Gasteiger partial charge is 0.339 e. The SMILES string of the molecule is Cc1cc(NC(=O)C(OC(=O)c2ccncc2)c2ccccc2)no1. The van der Waals surface area contributed by atoms with Crippen molar-refractivity contribution >= 4 is 17.7 Å². The molecule has 0 bridgehead atoms. The monoisotopic (exact) mass is 337 g/mol. The number of hydrogen-bond acceptors (Lipinski definition) is 6. The van der Waals surface area contributed by atoms with Gasteiger partial charge in [0, 0.05) is 24.0 Å². The predicted molar refractivity (Wildman–Crippen MR) is 88.7 cm³/mol. The van der Waals surface area contributed by atoms with Crippen LogP contribution in [0.25, 0.3) is 0 Å². The van der Waals surface area contributed by atoms with Crippen molar-refractivity contribution in [3.05, 3.63) is 77.8 Å². The molecular formula is C18H15N3O4. The zero-order chi connectivity index (χ0) is 17.6. The molecule has 1 aromatic carbocycles. The first-order valence-corrected chi connectivity index (χ1v) is 7.53. The first-order valence-electron chi connectivity index (χ1n) is 7.53. The number of pyridine rings is 1. The van der Waals surface area contributed by atoms with Crippen LogP contribution in [-0.2, 0) is 9.53 Å². The van der Waals surface area contributed by atoms with Crippen LogP contribution in [0, 0.1) is 6.92 Å². The molecule has 1 amide bonds. The maximum absolute atomic E-state index is 12.6. The van der Waals surface area contributed by atoms with E-state index in [4.69, 9.17) is 9.26 Å². The van der Waals surface area contributed by atoms with Gasteiger partial charge in [-0.2, -0.15) is 0 Å². The lowest BCUT2D eigenvalue weighted by Gasteiger charge is -2.17. The number of rotatable bonds is 5. The number of aromatic nitrogens is 2. The largest absolute Gasteiger partial charge is 0.444 e. The van der Waals surface area contributed by atoms with Crippen molar-refractivity contribution in [2.24, 2.45) is 0 Å². The van der Waals surface area contributed by atoms with Crippen LogP contribution in [0.2, 0.25) is 0 Å². The topological polar surface area (TPSA) is 94.3 Å². The van der Waals surface area contributed by atoms with Crippen LogP contribution in [-0.4, -0.2) is 22.0 Å². The standard InChI is InChI=1S/C18H15N3O4/c1-12-11-15(21-25-12)20-17(22)16(13-5-3-2-4-6-13)24-18(23)14-7-9-19-10-8-14/h2-11,16H,1H3,(H,20,21,22). The molecule has 1 unspecified atom stereocenters. The van der Waals surface area contributed by atoms with E-state index in [2.05, 4.69) is 15.5 Å². The molecule has 0 saturated carbocycles. The van der Waals surface area contributed by atoms with Gasteiger partial charge in [0.15, 0.2) is 5.82 Å². The van der Waals surface area contributed by atoms with Gasteiger partial charge < -0.3 is 14.6 Å². The van der Waals surface area contributed by atoms with E-state index in [1.807, 2.05) is 6.07 Å². The Hall–Kier alpha value is -3.48. The summed E-state index contributed by atoms with van der Waals surface area (Å²) in [5.74, 6) is -0.339. The fourth-order valence-corrected chi connectivity index (χ4v) is 2.18. The molecule has 0 radical (unpaired) electrons. The second-order valence-electron chi connectivity index (χ2n) is 5.24. The number of carbonyl (C=O) groups excluding carboxylic acids is 2. The van der Waals surface area contributed by atoms with E-state index in [9.17, 15) is 9.59 Å². The highest BCUT2D eigenvalue weighted by Gasteiger charge is 2.26. The second-order valence-corrected chi connectivity index (χ2v) is 5.24. The van der Waals surface area contributed by atoms with Gasteiger partial charge in [0.1, 0.15) is 5.76 Å². The van der Waals surface area contributed by atoms with Crippen LogP contribution >= 0.6 is 0 Å². The molecule has 7 heteroatoms. The van der Waals surface area contributed by atoms with Gasteiger partial charge in [-0.05, 0) is 19.1 Å². The second kappa shape index (κ2) is 7.39. The summed E-state index contributed by atoms with van der Waals surface area (Å²) in [4.78, 5) is 28.8. The van der Waals surface area contributed by atoms with Crippen molar-refractivity contribution in [2.75, 3.05) is 5.32 Å². The molecule has 0 aliphatic heterocycles. The first-order chi connectivity index (χ1) is 12.1. The van der Waals surface area contributed by atoms with Crippen molar-refractivity contribution < 1.29 is 18.8 Å². The Labute approximate surface area is 143 Å². The van der Waals surface area contributed by atoms with Crippen LogP contribution in [0.5, 0.6) is 0 Å².